The predicted octanol–water partition coefficient (Wildman–Crippen LogP) is -1.15. The lowest BCUT2D eigenvalue weighted by Gasteiger charge is -2.11. The van der Waals surface area contributed by atoms with Gasteiger partial charge in [0.05, 0.1) is 18.8 Å². The van der Waals surface area contributed by atoms with Gasteiger partial charge < -0.3 is 20.9 Å². The van der Waals surface area contributed by atoms with Gasteiger partial charge in [-0.2, -0.15) is 0 Å². The van der Waals surface area contributed by atoms with Gasteiger partial charge in [-0.25, -0.2) is 0 Å². The average Bonchev–Trinajstić information content (AvgIpc) is 2.04. The minimum Gasteiger partial charge on any atom is -0.391 e. The highest BCUT2D eigenvalue weighted by Crippen LogP contribution is 1.90. The lowest BCUT2D eigenvalue weighted by molar-refractivity contribution is -0.122. The van der Waals surface area contributed by atoms with Gasteiger partial charge in [-0.1, -0.05) is 0 Å². The Hall–Kier alpha value is -0.650. The monoisotopic (exact) mass is 190 g/mol. The predicted molar refractivity (Wildman–Crippen MR) is 49.2 cm³/mol. The standard InChI is InChI=1S/C8H18N2O3/c1-6(9)8(12)10-4-3-7(11)5-13-2/h6-7,11H,3-5,9H2,1-2H3,(H,10,12)/t6-,7?/m0/s1. The molecule has 0 aromatic carbocycles. The van der Waals surface area contributed by atoms with Crippen LogP contribution in [0, 0.1) is 0 Å². The second kappa shape index (κ2) is 6.82. The van der Waals surface area contributed by atoms with Crippen molar-refractivity contribution in [1.82, 2.24) is 5.32 Å². The summed E-state index contributed by atoms with van der Waals surface area (Å²) in [6.07, 6.45) is -0.0508. The van der Waals surface area contributed by atoms with Gasteiger partial charge in [0.15, 0.2) is 0 Å². The quantitative estimate of drug-likeness (QED) is 0.493. The summed E-state index contributed by atoms with van der Waals surface area (Å²) in [6, 6.07) is -0.500. The van der Waals surface area contributed by atoms with E-state index in [-0.39, 0.29) is 12.5 Å². The Bertz CT molecular complexity index is 150. The Morgan fingerprint density at radius 3 is 2.77 bits per heavy atom. The van der Waals surface area contributed by atoms with Crippen molar-refractivity contribution in [2.45, 2.75) is 25.5 Å². The van der Waals surface area contributed by atoms with Crippen molar-refractivity contribution in [3.8, 4) is 0 Å². The number of rotatable bonds is 6. The molecule has 0 radical (unpaired) electrons. The molecule has 0 heterocycles. The molecule has 0 aliphatic rings. The zero-order valence-electron chi connectivity index (χ0n) is 8.12. The van der Waals surface area contributed by atoms with Crippen LogP contribution >= 0.6 is 0 Å². The van der Waals surface area contributed by atoms with Gasteiger partial charge >= 0.3 is 0 Å². The van der Waals surface area contributed by atoms with Gasteiger partial charge in [-0.15, -0.1) is 0 Å². The maximum Gasteiger partial charge on any atom is 0.236 e. The zero-order chi connectivity index (χ0) is 10.3. The lowest BCUT2D eigenvalue weighted by Crippen LogP contribution is -2.39. The summed E-state index contributed by atoms with van der Waals surface area (Å²) in [5.74, 6) is -0.204. The highest BCUT2D eigenvalue weighted by atomic mass is 16.5. The van der Waals surface area contributed by atoms with Crippen molar-refractivity contribution < 1.29 is 14.6 Å². The van der Waals surface area contributed by atoms with E-state index in [4.69, 9.17) is 10.5 Å². The van der Waals surface area contributed by atoms with E-state index < -0.39 is 12.1 Å². The zero-order valence-corrected chi connectivity index (χ0v) is 8.12. The molecule has 1 amide bonds. The number of nitrogens with one attached hydrogen (secondary N) is 1. The van der Waals surface area contributed by atoms with Gasteiger partial charge in [0.1, 0.15) is 0 Å². The Balaban J connectivity index is 3.39. The number of amides is 1. The van der Waals surface area contributed by atoms with Crippen molar-refractivity contribution in [2.75, 3.05) is 20.3 Å². The maximum atomic E-state index is 10.9. The van der Waals surface area contributed by atoms with E-state index in [9.17, 15) is 9.90 Å². The van der Waals surface area contributed by atoms with Gasteiger partial charge in [0, 0.05) is 13.7 Å². The van der Waals surface area contributed by atoms with Crippen LogP contribution in [0.2, 0.25) is 0 Å². The number of aliphatic hydroxyl groups excluding tert-OH is 1. The Labute approximate surface area is 78.3 Å². The van der Waals surface area contributed by atoms with Crippen molar-refractivity contribution in [1.29, 1.82) is 0 Å². The molecule has 0 aliphatic carbocycles. The van der Waals surface area contributed by atoms with Crippen LogP contribution in [0.1, 0.15) is 13.3 Å². The molecule has 0 fully saturated rings. The molecule has 0 saturated carbocycles. The van der Waals surface area contributed by atoms with Gasteiger partial charge in [0.2, 0.25) is 5.91 Å². The third-order valence-electron chi connectivity index (χ3n) is 1.55. The SMILES string of the molecule is COCC(O)CCNC(=O)[C@H](C)N. The summed E-state index contributed by atoms with van der Waals surface area (Å²) >= 11 is 0. The Morgan fingerprint density at radius 1 is 1.69 bits per heavy atom. The van der Waals surface area contributed by atoms with E-state index in [1.54, 1.807) is 6.92 Å². The number of methoxy groups -OCH3 is 1. The van der Waals surface area contributed by atoms with E-state index in [0.717, 1.165) is 0 Å². The van der Waals surface area contributed by atoms with Crippen LogP contribution in [0.4, 0.5) is 0 Å². The first-order chi connectivity index (χ1) is 6.07. The third-order valence-corrected chi connectivity index (χ3v) is 1.55. The molecular weight excluding hydrogens is 172 g/mol. The first-order valence-corrected chi connectivity index (χ1v) is 4.28. The Kier molecular flexibility index (Phi) is 6.48. The third kappa shape index (κ3) is 6.51. The molecule has 5 nitrogen and oxygen atoms in total. The minimum absolute atomic E-state index is 0.204. The number of carbonyl (C=O) groups excluding carboxylic acids is 1. The summed E-state index contributed by atoms with van der Waals surface area (Å²) in [4.78, 5) is 10.9. The molecule has 0 rings (SSSR count). The number of nitrogens with two attached hydrogens (primary N) is 1. The van der Waals surface area contributed by atoms with Gasteiger partial charge in [-0.05, 0) is 13.3 Å². The molecule has 0 aromatic rings. The minimum atomic E-state index is -0.529. The highest BCUT2D eigenvalue weighted by molar-refractivity contribution is 5.80. The van der Waals surface area contributed by atoms with Crippen LogP contribution < -0.4 is 11.1 Å². The molecular formula is C8H18N2O3. The first-order valence-electron chi connectivity index (χ1n) is 4.28. The molecule has 0 saturated heterocycles. The second-order valence-corrected chi connectivity index (χ2v) is 2.98. The molecule has 78 valence electrons. The van der Waals surface area contributed by atoms with Crippen LogP contribution in [0.15, 0.2) is 0 Å². The number of hydrogen-bond donors (Lipinski definition) is 3. The van der Waals surface area contributed by atoms with Crippen LogP contribution in [-0.4, -0.2) is 43.4 Å². The molecule has 5 heteroatoms. The normalized spacial score (nSPS) is 15.1. The number of hydrogen-bond acceptors (Lipinski definition) is 4. The molecule has 4 N–H and O–H groups in total. The van der Waals surface area contributed by atoms with Crippen molar-refractivity contribution in [3.63, 3.8) is 0 Å². The highest BCUT2D eigenvalue weighted by Gasteiger charge is 2.07. The van der Waals surface area contributed by atoms with Crippen LogP contribution in [0.5, 0.6) is 0 Å². The average molecular weight is 190 g/mol. The van der Waals surface area contributed by atoms with Crippen LogP contribution in [0.3, 0.4) is 0 Å². The molecule has 0 aliphatic heterocycles. The van der Waals surface area contributed by atoms with Gasteiger partial charge in [0.25, 0.3) is 0 Å². The van der Waals surface area contributed by atoms with Crippen molar-refractivity contribution >= 4 is 5.91 Å². The summed E-state index contributed by atoms with van der Waals surface area (Å²) in [5, 5.41) is 11.8. The molecule has 13 heavy (non-hydrogen) atoms. The lowest BCUT2D eigenvalue weighted by atomic mass is 10.2. The molecule has 0 bridgehead atoms. The fraction of sp³-hybridized carbons (Fsp3) is 0.875. The van der Waals surface area contributed by atoms with E-state index in [1.807, 2.05) is 0 Å². The molecule has 0 aromatic heterocycles. The van der Waals surface area contributed by atoms with E-state index in [1.165, 1.54) is 7.11 Å². The summed E-state index contributed by atoms with van der Waals surface area (Å²) in [5.41, 5.74) is 5.31. The number of carbonyl (C=O) groups is 1. The topological polar surface area (TPSA) is 84.6 Å². The Morgan fingerprint density at radius 2 is 2.31 bits per heavy atom. The number of aliphatic hydroxyl groups is 1. The molecule has 1 unspecified atom stereocenters. The molecule has 0 spiro atoms. The summed E-state index contributed by atoms with van der Waals surface area (Å²) < 4.78 is 4.72. The maximum absolute atomic E-state index is 10.9. The van der Waals surface area contributed by atoms with E-state index in [2.05, 4.69) is 5.32 Å². The first kappa shape index (κ1) is 12.3. The van der Waals surface area contributed by atoms with Crippen LogP contribution in [0.25, 0.3) is 0 Å². The summed E-state index contributed by atoms with van der Waals surface area (Å²) in [7, 11) is 1.52. The smallest absolute Gasteiger partial charge is 0.236 e. The van der Waals surface area contributed by atoms with E-state index >= 15 is 0 Å². The van der Waals surface area contributed by atoms with Crippen LogP contribution in [-0.2, 0) is 9.53 Å². The largest absolute Gasteiger partial charge is 0.391 e. The van der Waals surface area contributed by atoms with Crippen molar-refractivity contribution in [3.05, 3.63) is 0 Å². The second-order valence-electron chi connectivity index (χ2n) is 2.98. The summed E-state index contributed by atoms with van der Waals surface area (Å²) in [6.45, 7) is 2.32. The number of ether oxygens (including phenoxy) is 1. The molecule has 2 atom stereocenters. The van der Waals surface area contributed by atoms with Crippen molar-refractivity contribution in [2.24, 2.45) is 5.73 Å². The fourth-order valence-corrected chi connectivity index (χ4v) is 0.799. The van der Waals surface area contributed by atoms with E-state index in [0.29, 0.717) is 13.0 Å². The van der Waals surface area contributed by atoms with Gasteiger partial charge in [-0.3, -0.25) is 4.79 Å². The fourth-order valence-electron chi connectivity index (χ4n) is 0.799.